The summed E-state index contributed by atoms with van der Waals surface area (Å²) in [6.45, 7) is 3.71. The fourth-order valence-corrected chi connectivity index (χ4v) is 3.92. The first-order valence-corrected chi connectivity index (χ1v) is 10.7. The van der Waals surface area contributed by atoms with Crippen LogP contribution in [0.25, 0.3) is 6.08 Å². The largest absolute Gasteiger partial charge is 0.493 e. The molecule has 0 aliphatic carbocycles. The quantitative estimate of drug-likeness (QED) is 0.637. The molecule has 2 heterocycles. The molecule has 4 rings (SSSR count). The van der Waals surface area contributed by atoms with E-state index in [2.05, 4.69) is 6.92 Å². The number of likely N-dealkylation sites (tertiary alicyclic amines) is 1. The average Bonchev–Trinajstić information content (AvgIpc) is 3.12. The van der Waals surface area contributed by atoms with Crippen LogP contribution in [0.1, 0.15) is 35.7 Å². The van der Waals surface area contributed by atoms with Crippen LogP contribution in [-0.4, -0.2) is 50.5 Å². The molecule has 0 radical (unpaired) electrons. The summed E-state index contributed by atoms with van der Waals surface area (Å²) in [7, 11) is 3.10. The van der Waals surface area contributed by atoms with Crippen LogP contribution in [-0.2, 0) is 4.79 Å². The van der Waals surface area contributed by atoms with E-state index in [9.17, 15) is 9.59 Å². The molecule has 7 nitrogen and oxygen atoms in total. The SMILES string of the molecule is COc1cccc(C=C2Oc3cc(OCC(=O)N4CCC(C)CC4)ccc3C2=O)c1OC. The molecule has 0 bridgehead atoms. The maximum Gasteiger partial charge on any atom is 0.260 e. The summed E-state index contributed by atoms with van der Waals surface area (Å²) in [5, 5.41) is 0. The number of hydrogen-bond acceptors (Lipinski definition) is 6. The van der Waals surface area contributed by atoms with E-state index in [0.29, 0.717) is 40.0 Å². The van der Waals surface area contributed by atoms with Crippen molar-refractivity contribution in [2.45, 2.75) is 19.8 Å². The number of methoxy groups -OCH3 is 2. The minimum atomic E-state index is -0.227. The normalized spacial score (nSPS) is 17.2. The molecule has 0 saturated carbocycles. The Balaban J connectivity index is 1.46. The monoisotopic (exact) mass is 437 g/mol. The molecular weight excluding hydrogens is 410 g/mol. The van der Waals surface area contributed by atoms with Crippen molar-refractivity contribution >= 4 is 17.8 Å². The summed E-state index contributed by atoms with van der Waals surface area (Å²) in [4.78, 5) is 27.1. The second-order valence-corrected chi connectivity index (χ2v) is 8.03. The average molecular weight is 437 g/mol. The van der Waals surface area contributed by atoms with E-state index in [1.165, 1.54) is 0 Å². The zero-order chi connectivity index (χ0) is 22.7. The maximum absolute atomic E-state index is 12.8. The lowest BCUT2D eigenvalue weighted by molar-refractivity contribution is -0.134. The molecule has 0 N–H and O–H groups in total. The Kier molecular flexibility index (Phi) is 6.35. The van der Waals surface area contributed by atoms with Crippen molar-refractivity contribution in [3.63, 3.8) is 0 Å². The van der Waals surface area contributed by atoms with Gasteiger partial charge in [-0.3, -0.25) is 9.59 Å². The van der Waals surface area contributed by atoms with Crippen molar-refractivity contribution in [3.05, 3.63) is 53.3 Å². The third-order valence-corrected chi connectivity index (χ3v) is 5.86. The van der Waals surface area contributed by atoms with E-state index >= 15 is 0 Å². The molecule has 32 heavy (non-hydrogen) atoms. The minimum absolute atomic E-state index is 0.0277. The van der Waals surface area contributed by atoms with Gasteiger partial charge in [0, 0.05) is 24.7 Å². The first kappa shape index (κ1) is 21.7. The molecule has 7 heteroatoms. The number of piperidine rings is 1. The molecule has 2 aromatic carbocycles. The van der Waals surface area contributed by atoms with Crippen LogP contribution >= 0.6 is 0 Å². The van der Waals surface area contributed by atoms with Crippen molar-refractivity contribution < 1.29 is 28.5 Å². The van der Waals surface area contributed by atoms with Gasteiger partial charge in [-0.1, -0.05) is 19.1 Å². The number of ether oxygens (including phenoxy) is 4. The number of benzene rings is 2. The maximum atomic E-state index is 12.8. The van der Waals surface area contributed by atoms with Crippen LogP contribution < -0.4 is 18.9 Å². The first-order valence-electron chi connectivity index (χ1n) is 10.7. The van der Waals surface area contributed by atoms with E-state index in [0.717, 1.165) is 25.9 Å². The second-order valence-electron chi connectivity index (χ2n) is 8.03. The molecule has 0 aromatic heterocycles. The Morgan fingerprint density at radius 3 is 2.66 bits per heavy atom. The standard InChI is InChI=1S/C25H27NO6/c1-16-9-11-26(12-10-16)23(27)15-31-18-7-8-19-21(14-18)32-22(24(19)28)13-17-5-4-6-20(29-2)25(17)30-3/h4-8,13-14,16H,9-12,15H2,1-3H3. The molecular formula is C25H27NO6. The summed E-state index contributed by atoms with van der Waals surface area (Å²) in [5.41, 5.74) is 1.11. The van der Waals surface area contributed by atoms with Crippen molar-refractivity contribution in [2.24, 2.45) is 5.92 Å². The Morgan fingerprint density at radius 1 is 1.16 bits per heavy atom. The van der Waals surface area contributed by atoms with E-state index in [1.54, 1.807) is 44.6 Å². The molecule has 2 aromatic rings. The van der Waals surface area contributed by atoms with Gasteiger partial charge >= 0.3 is 0 Å². The van der Waals surface area contributed by atoms with Gasteiger partial charge in [-0.2, -0.15) is 0 Å². The van der Waals surface area contributed by atoms with Crippen LogP contribution in [0, 0.1) is 5.92 Å². The molecule has 0 spiro atoms. The van der Waals surface area contributed by atoms with E-state index in [4.69, 9.17) is 18.9 Å². The highest BCUT2D eigenvalue weighted by atomic mass is 16.5. The molecule has 2 aliphatic rings. The lowest BCUT2D eigenvalue weighted by Gasteiger charge is -2.30. The van der Waals surface area contributed by atoms with Gasteiger partial charge in [-0.15, -0.1) is 0 Å². The number of nitrogens with zero attached hydrogens (tertiary/aromatic N) is 1. The molecule has 2 aliphatic heterocycles. The fourth-order valence-electron chi connectivity index (χ4n) is 3.92. The van der Waals surface area contributed by atoms with Crippen LogP contribution in [0.15, 0.2) is 42.2 Å². The van der Waals surface area contributed by atoms with Crippen molar-refractivity contribution in [1.29, 1.82) is 0 Å². The number of allylic oxidation sites excluding steroid dienone is 1. The van der Waals surface area contributed by atoms with Gasteiger partial charge in [0.2, 0.25) is 5.78 Å². The van der Waals surface area contributed by atoms with Gasteiger partial charge in [-0.05, 0) is 43.0 Å². The third kappa shape index (κ3) is 4.42. The highest BCUT2D eigenvalue weighted by Gasteiger charge is 2.28. The second kappa shape index (κ2) is 9.34. The van der Waals surface area contributed by atoms with Gasteiger partial charge in [0.25, 0.3) is 5.91 Å². The number of amides is 1. The topological polar surface area (TPSA) is 74.3 Å². The molecule has 0 unspecified atom stereocenters. The highest BCUT2D eigenvalue weighted by molar-refractivity contribution is 6.14. The van der Waals surface area contributed by atoms with Crippen molar-refractivity contribution in [1.82, 2.24) is 4.90 Å². The van der Waals surface area contributed by atoms with E-state index < -0.39 is 0 Å². The first-order chi connectivity index (χ1) is 15.5. The number of carbonyl (C=O) groups excluding carboxylic acids is 2. The molecule has 1 amide bonds. The lowest BCUT2D eigenvalue weighted by Crippen LogP contribution is -2.40. The number of para-hydroxylation sites is 1. The molecule has 0 atom stereocenters. The van der Waals surface area contributed by atoms with Crippen LogP contribution in [0.2, 0.25) is 0 Å². The third-order valence-electron chi connectivity index (χ3n) is 5.86. The Hall–Kier alpha value is -3.48. The number of hydrogen-bond donors (Lipinski definition) is 0. The lowest BCUT2D eigenvalue weighted by atomic mass is 9.99. The Morgan fingerprint density at radius 2 is 1.94 bits per heavy atom. The summed E-state index contributed by atoms with van der Waals surface area (Å²) in [6.07, 6.45) is 3.67. The highest BCUT2D eigenvalue weighted by Crippen LogP contribution is 2.37. The number of rotatable bonds is 6. The van der Waals surface area contributed by atoms with Gasteiger partial charge < -0.3 is 23.8 Å². The number of carbonyl (C=O) groups is 2. The van der Waals surface area contributed by atoms with E-state index in [1.807, 2.05) is 17.0 Å². The summed E-state index contributed by atoms with van der Waals surface area (Å²) >= 11 is 0. The zero-order valence-corrected chi connectivity index (χ0v) is 18.6. The smallest absolute Gasteiger partial charge is 0.260 e. The number of Topliss-reactive ketones (excluding diaryl/α,β-unsaturated/α-hetero) is 1. The summed E-state index contributed by atoms with van der Waals surface area (Å²) < 4.78 is 22.2. The van der Waals surface area contributed by atoms with Gasteiger partial charge in [0.05, 0.1) is 19.8 Å². The molecule has 1 fully saturated rings. The predicted octanol–water partition coefficient (Wildman–Crippen LogP) is 3.96. The van der Waals surface area contributed by atoms with Gasteiger partial charge in [-0.25, -0.2) is 0 Å². The van der Waals surface area contributed by atoms with Gasteiger partial charge in [0.1, 0.15) is 11.5 Å². The van der Waals surface area contributed by atoms with Crippen LogP contribution in [0.5, 0.6) is 23.0 Å². The number of ketones is 1. The summed E-state index contributed by atoms with van der Waals surface area (Å²) in [5.74, 6) is 2.55. The Bertz CT molecular complexity index is 1050. The minimum Gasteiger partial charge on any atom is -0.493 e. The summed E-state index contributed by atoms with van der Waals surface area (Å²) in [6, 6.07) is 10.4. The Labute approximate surface area is 187 Å². The molecule has 168 valence electrons. The van der Waals surface area contributed by atoms with Crippen LogP contribution in [0.4, 0.5) is 0 Å². The fraction of sp³-hybridized carbons (Fsp3) is 0.360. The zero-order valence-electron chi connectivity index (χ0n) is 18.6. The van der Waals surface area contributed by atoms with E-state index in [-0.39, 0.29) is 24.1 Å². The predicted molar refractivity (Wildman–Crippen MR) is 119 cm³/mol. The van der Waals surface area contributed by atoms with Crippen molar-refractivity contribution in [3.8, 4) is 23.0 Å². The van der Waals surface area contributed by atoms with Crippen molar-refractivity contribution in [2.75, 3.05) is 33.9 Å². The number of fused-ring (bicyclic) bond motifs is 1. The van der Waals surface area contributed by atoms with Crippen LogP contribution in [0.3, 0.4) is 0 Å². The molecule has 1 saturated heterocycles. The van der Waals surface area contributed by atoms with Gasteiger partial charge in [0.15, 0.2) is 23.9 Å².